The Hall–Kier alpha value is -0.450. The molecule has 1 aromatic heterocycles. The van der Waals surface area contributed by atoms with Crippen LogP contribution in [0.3, 0.4) is 0 Å². The number of nitrogens with one attached hydrogen (secondary N) is 1. The van der Waals surface area contributed by atoms with Crippen LogP contribution >= 0.6 is 11.3 Å². The van der Waals surface area contributed by atoms with Gasteiger partial charge in [0.15, 0.2) is 0 Å². The first-order chi connectivity index (χ1) is 6.33. The summed E-state index contributed by atoms with van der Waals surface area (Å²) in [5.41, 5.74) is 2.97. The van der Waals surface area contributed by atoms with E-state index in [9.17, 15) is 5.11 Å². The van der Waals surface area contributed by atoms with E-state index in [1.54, 1.807) is 11.3 Å². The second-order valence-corrected chi connectivity index (χ2v) is 4.34. The van der Waals surface area contributed by atoms with Gasteiger partial charge in [-0.1, -0.05) is 0 Å². The third kappa shape index (κ3) is 1.90. The molecule has 1 aromatic rings. The standard InChI is InChI=1S/C9H14N2OS/c1-10-4-7(12)9-8(6-2-3-6)11-5-13-9/h5-7,10,12H,2-4H2,1H3. The van der Waals surface area contributed by atoms with Crippen molar-refractivity contribution in [2.75, 3.05) is 13.6 Å². The minimum absolute atomic E-state index is 0.381. The van der Waals surface area contributed by atoms with Gasteiger partial charge in [-0.25, -0.2) is 4.98 Å². The molecule has 0 saturated heterocycles. The highest BCUT2D eigenvalue weighted by molar-refractivity contribution is 7.09. The van der Waals surface area contributed by atoms with Crippen molar-refractivity contribution < 1.29 is 5.11 Å². The molecule has 2 N–H and O–H groups in total. The van der Waals surface area contributed by atoms with E-state index in [0.29, 0.717) is 12.5 Å². The molecule has 0 radical (unpaired) electrons. The van der Waals surface area contributed by atoms with Crippen molar-refractivity contribution in [2.24, 2.45) is 0 Å². The molecule has 1 heterocycles. The van der Waals surface area contributed by atoms with Crippen LogP contribution in [0.1, 0.15) is 35.4 Å². The molecule has 0 bridgehead atoms. The Balaban J connectivity index is 2.13. The van der Waals surface area contributed by atoms with Crippen molar-refractivity contribution in [3.05, 3.63) is 16.1 Å². The van der Waals surface area contributed by atoms with Crippen LogP contribution in [-0.2, 0) is 0 Å². The first-order valence-electron chi connectivity index (χ1n) is 4.59. The highest BCUT2D eigenvalue weighted by atomic mass is 32.1. The summed E-state index contributed by atoms with van der Waals surface area (Å²) in [7, 11) is 1.85. The maximum atomic E-state index is 9.77. The second-order valence-electron chi connectivity index (χ2n) is 3.45. The molecule has 1 aliphatic rings. The summed E-state index contributed by atoms with van der Waals surface area (Å²) >= 11 is 1.56. The first kappa shape index (κ1) is 9.12. The number of likely N-dealkylation sites (N-methyl/N-ethyl adjacent to an activating group) is 1. The van der Waals surface area contributed by atoms with Crippen molar-refractivity contribution in [1.82, 2.24) is 10.3 Å². The fraction of sp³-hybridized carbons (Fsp3) is 0.667. The van der Waals surface area contributed by atoms with Gasteiger partial charge < -0.3 is 10.4 Å². The van der Waals surface area contributed by atoms with Crippen LogP contribution in [0.4, 0.5) is 0 Å². The lowest BCUT2D eigenvalue weighted by molar-refractivity contribution is 0.180. The molecule has 0 amide bonds. The van der Waals surface area contributed by atoms with Crippen molar-refractivity contribution in [1.29, 1.82) is 0 Å². The zero-order chi connectivity index (χ0) is 9.26. The Labute approximate surface area is 81.8 Å². The van der Waals surface area contributed by atoms with Gasteiger partial charge in [0, 0.05) is 12.5 Å². The molecule has 0 spiro atoms. The van der Waals surface area contributed by atoms with Gasteiger partial charge in [0.2, 0.25) is 0 Å². The number of rotatable bonds is 4. The zero-order valence-corrected chi connectivity index (χ0v) is 8.47. The molecule has 1 fully saturated rings. The van der Waals surface area contributed by atoms with E-state index in [2.05, 4.69) is 10.3 Å². The third-order valence-electron chi connectivity index (χ3n) is 2.29. The normalized spacial score (nSPS) is 18.9. The van der Waals surface area contributed by atoms with E-state index < -0.39 is 0 Å². The van der Waals surface area contributed by atoms with E-state index in [0.717, 1.165) is 10.6 Å². The Morgan fingerprint density at radius 3 is 3.15 bits per heavy atom. The fourth-order valence-electron chi connectivity index (χ4n) is 1.46. The average Bonchev–Trinajstić information content (AvgIpc) is 2.84. The molecule has 0 aliphatic heterocycles. The molecule has 2 rings (SSSR count). The molecule has 0 aromatic carbocycles. The molecule has 1 unspecified atom stereocenters. The molecule has 72 valence electrons. The van der Waals surface area contributed by atoms with Crippen LogP contribution in [0.2, 0.25) is 0 Å². The van der Waals surface area contributed by atoms with Gasteiger partial charge >= 0.3 is 0 Å². The third-order valence-corrected chi connectivity index (χ3v) is 3.23. The summed E-state index contributed by atoms with van der Waals surface area (Å²) in [6.45, 7) is 0.613. The van der Waals surface area contributed by atoms with Crippen LogP contribution in [0.25, 0.3) is 0 Å². The van der Waals surface area contributed by atoms with Gasteiger partial charge in [0.25, 0.3) is 0 Å². The van der Waals surface area contributed by atoms with Crippen LogP contribution in [-0.4, -0.2) is 23.7 Å². The minimum atomic E-state index is -0.381. The topological polar surface area (TPSA) is 45.1 Å². The number of hydrogen-bond acceptors (Lipinski definition) is 4. The van der Waals surface area contributed by atoms with E-state index in [1.807, 2.05) is 12.6 Å². The lowest BCUT2D eigenvalue weighted by Gasteiger charge is -2.08. The molecule has 1 atom stereocenters. The van der Waals surface area contributed by atoms with Crippen LogP contribution in [0, 0.1) is 0 Å². The highest BCUT2D eigenvalue weighted by Gasteiger charge is 2.30. The van der Waals surface area contributed by atoms with Crippen molar-refractivity contribution in [3.63, 3.8) is 0 Å². The Bertz CT molecular complexity index is 283. The Kier molecular flexibility index (Phi) is 2.62. The van der Waals surface area contributed by atoms with Gasteiger partial charge in [-0.3, -0.25) is 0 Å². The maximum absolute atomic E-state index is 9.77. The number of aliphatic hydroxyl groups is 1. The predicted octanol–water partition coefficient (Wildman–Crippen LogP) is 1.27. The van der Waals surface area contributed by atoms with E-state index in [-0.39, 0.29) is 6.10 Å². The van der Waals surface area contributed by atoms with Crippen LogP contribution < -0.4 is 5.32 Å². The van der Waals surface area contributed by atoms with Gasteiger partial charge in [-0.2, -0.15) is 0 Å². The predicted molar refractivity (Wildman–Crippen MR) is 53.0 cm³/mol. The maximum Gasteiger partial charge on any atom is 0.102 e. The van der Waals surface area contributed by atoms with Crippen molar-refractivity contribution in [2.45, 2.75) is 24.9 Å². The number of nitrogens with zero attached hydrogens (tertiary/aromatic N) is 1. The van der Waals surface area contributed by atoms with Crippen molar-refractivity contribution >= 4 is 11.3 Å². The van der Waals surface area contributed by atoms with Gasteiger partial charge in [-0.05, 0) is 19.9 Å². The Morgan fingerprint density at radius 1 is 1.77 bits per heavy atom. The lowest BCUT2D eigenvalue weighted by Crippen LogP contribution is -2.16. The summed E-state index contributed by atoms with van der Waals surface area (Å²) < 4.78 is 0. The molecular weight excluding hydrogens is 184 g/mol. The van der Waals surface area contributed by atoms with Gasteiger partial charge in [0.1, 0.15) is 6.10 Å². The summed E-state index contributed by atoms with van der Waals surface area (Å²) in [5, 5.41) is 12.7. The van der Waals surface area contributed by atoms with Crippen LogP contribution in [0.5, 0.6) is 0 Å². The SMILES string of the molecule is CNCC(O)c1scnc1C1CC1. The highest BCUT2D eigenvalue weighted by Crippen LogP contribution is 2.43. The second kappa shape index (κ2) is 3.74. The summed E-state index contributed by atoms with van der Waals surface area (Å²) in [5.74, 6) is 0.632. The number of aromatic nitrogens is 1. The summed E-state index contributed by atoms with van der Waals surface area (Å²) in [6.07, 6.45) is 2.10. The molecule has 13 heavy (non-hydrogen) atoms. The monoisotopic (exact) mass is 198 g/mol. The Morgan fingerprint density at radius 2 is 2.54 bits per heavy atom. The van der Waals surface area contributed by atoms with E-state index >= 15 is 0 Å². The summed E-state index contributed by atoms with van der Waals surface area (Å²) in [4.78, 5) is 5.36. The zero-order valence-electron chi connectivity index (χ0n) is 7.66. The van der Waals surface area contributed by atoms with Crippen molar-refractivity contribution in [3.8, 4) is 0 Å². The quantitative estimate of drug-likeness (QED) is 0.766. The lowest BCUT2D eigenvalue weighted by atomic mass is 10.2. The average molecular weight is 198 g/mol. The number of thiazole rings is 1. The summed E-state index contributed by atoms with van der Waals surface area (Å²) in [6, 6.07) is 0. The number of aliphatic hydroxyl groups excluding tert-OH is 1. The first-order valence-corrected chi connectivity index (χ1v) is 5.47. The smallest absolute Gasteiger partial charge is 0.102 e. The molecular formula is C9H14N2OS. The fourth-order valence-corrected chi connectivity index (χ4v) is 2.32. The molecule has 3 nitrogen and oxygen atoms in total. The number of hydrogen-bond donors (Lipinski definition) is 2. The largest absolute Gasteiger partial charge is 0.386 e. The minimum Gasteiger partial charge on any atom is -0.386 e. The van der Waals surface area contributed by atoms with E-state index in [1.165, 1.54) is 12.8 Å². The van der Waals surface area contributed by atoms with Gasteiger partial charge in [-0.15, -0.1) is 11.3 Å². The van der Waals surface area contributed by atoms with E-state index in [4.69, 9.17) is 0 Å². The molecule has 4 heteroatoms. The molecule has 1 aliphatic carbocycles. The molecule has 1 saturated carbocycles. The van der Waals surface area contributed by atoms with Crippen LogP contribution in [0.15, 0.2) is 5.51 Å². The van der Waals surface area contributed by atoms with Gasteiger partial charge in [0.05, 0.1) is 16.1 Å².